The zero-order valence-electron chi connectivity index (χ0n) is 15.2. The lowest BCUT2D eigenvalue weighted by Crippen LogP contribution is -2.32. The van der Waals surface area contributed by atoms with E-state index in [0.29, 0.717) is 17.3 Å². The topological polar surface area (TPSA) is 58.6 Å². The third-order valence-electron chi connectivity index (χ3n) is 5.31. The molecule has 1 N–H and O–H groups in total. The molecule has 0 fully saturated rings. The summed E-state index contributed by atoms with van der Waals surface area (Å²) >= 11 is 0. The molecule has 2 aromatic carbocycles. The monoisotopic (exact) mass is 372 g/mol. The molecule has 0 spiro atoms. The number of benzene rings is 2. The van der Waals surface area contributed by atoms with Crippen LogP contribution in [0.2, 0.25) is 0 Å². The maximum Gasteiger partial charge on any atom is 0.241 e. The molecular weight excluding hydrogens is 348 g/mol. The SMILES string of the molecule is Cc1cc2c(cc1S(=O)(=O)N[C@H]1CCCc3ccccc31)OCCN2C. The van der Waals surface area contributed by atoms with Gasteiger partial charge >= 0.3 is 0 Å². The number of hydrogen-bond donors (Lipinski definition) is 1. The number of ether oxygens (including phenoxy) is 1. The van der Waals surface area contributed by atoms with Crippen molar-refractivity contribution in [3.63, 3.8) is 0 Å². The highest BCUT2D eigenvalue weighted by atomic mass is 32.2. The van der Waals surface area contributed by atoms with E-state index in [-0.39, 0.29) is 6.04 Å². The van der Waals surface area contributed by atoms with Crippen LogP contribution in [-0.4, -0.2) is 28.6 Å². The molecule has 0 radical (unpaired) electrons. The summed E-state index contributed by atoms with van der Waals surface area (Å²) in [5.74, 6) is 0.633. The van der Waals surface area contributed by atoms with Crippen LogP contribution in [0.3, 0.4) is 0 Å². The minimum atomic E-state index is -3.63. The molecule has 5 nitrogen and oxygen atoms in total. The number of aryl methyl sites for hydroxylation is 2. The summed E-state index contributed by atoms with van der Waals surface area (Å²) in [6.45, 7) is 3.21. The van der Waals surface area contributed by atoms with Crippen molar-refractivity contribution in [1.29, 1.82) is 0 Å². The highest BCUT2D eigenvalue weighted by Gasteiger charge is 2.28. The zero-order valence-corrected chi connectivity index (χ0v) is 16.0. The number of nitrogens with one attached hydrogen (secondary N) is 1. The average molecular weight is 372 g/mol. The fourth-order valence-corrected chi connectivity index (χ4v) is 5.39. The first-order valence-electron chi connectivity index (χ1n) is 9.04. The van der Waals surface area contributed by atoms with Crippen molar-refractivity contribution in [1.82, 2.24) is 4.72 Å². The Hall–Kier alpha value is -2.05. The second-order valence-corrected chi connectivity index (χ2v) is 8.80. The first-order valence-corrected chi connectivity index (χ1v) is 10.5. The van der Waals surface area contributed by atoms with Crippen LogP contribution in [0.1, 0.15) is 35.6 Å². The summed E-state index contributed by atoms with van der Waals surface area (Å²) in [5, 5.41) is 0. The second kappa shape index (κ2) is 6.59. The third-order valence-corrected chi connectivity index (χ3v) is 6.92. The van der Waals surface area contributed by atoms with E-state index in [2.05, 4.69) is 15.7 Å². The molecule has 1 aliphatic heterocycles. The normalized spacial score (nSPS) is 19.5. The summed E-state index contributed by atoms with van der Waals surface area (Å²) in [4.78, 5) is 2.39. The summed E-state index contributed by atoms with van der Waals surface area (Å²) < 4.78 is 34.9. The van der Waals surface area contributed by atoms with Gasteiger partial charge in [-0.15, -0.1) is 0 Å². The van der Waals surface area contributed by atoms with Gasteiger partial charge in [0.05, 0.1) is 17.1 Å². The fraction of sp³-hybridized carbons (Fsp3) is 0.400. The molecule has 0 saturated heterocycles. The molecule has 26 heavy (non-hydrogen) atoms. The van der Waals surface area contributed by atoms with E-state index in [1.165, 1.54) is 5.56 Å². The standard InChI is InChI=1S/C20H24N2O3S/c1-14-12-18-19(25-11-10-22(18)2)13-20(14)26(23,24)21-17-9-5-7-15-6-3-4-8-16(15)17/h3-4,6,8,12-13,17,21H,5,7,9-11H2,1-2H3/t17-/m0/s1. The molecule has 0 unspecified atom stereocenters. The Labute approximate surface area is 155 Å². The van der Waals surface area contributed by atoms with Gasteiger partial charge in [-0.2, -0.15) is 0 Å². The van der Waals surface area contributed by atoms with Crippen molar-refractivity contribution >= 4 is 15.7 Å². The van der Waals surface area contributed by atoms with E-state index in [1.807, 2.05) is 38.2 Å². The van der Waals surface area contributed by atoms with Crippen LogP contribution in [0.5, 0.6) is 5.75 Å². The van der Waals surface area contributed by atoms with Gasteiger partial charge in [0, 0.05) is 19.2 Å². The minimum Gasteiger partial charge on any atom is -0.490 e. The molecule has 4 rings (SSSR count). The van der Waals surface area contributed by atoms with Gasteiger partial charge < -0.3 is 9.64 Å². The second-order valence-electron chi connectivity index (χ2n) is 7.12. The van der Waals surface area contributed by atoms with E-state index in [9.17, 15) is 8.42 Å². The molecule has 1 aliphatic carbocycles. The average Bonchev–Trinajstić information content (AvgIpc) is 2.62. The molecule has 1 atom stereocenters. The number of likely N-dealkylation sites (N-methyl/N-ethyl adjacent to an activating group) is 1. The fourth-order valence-electron chi connectivity index (χ4n) is 3.90. The summed E-state index contributed by atoms with van der Waals surface area (Å²) in [6.07, 6.45) is 2.81. The molecule has 0 bridgehead atoms. The molecule has 0 amide bonds. The molecular formula is C20H24N2O3S. The Morgan fingerprint density at radius 1 is 1.23 bits per heavy atom. The highest BCUT2D eigenvalue weighted by molar-refractivity contribution is 7.89. The Bertz CT molecular complexity index is 940. The quantitative estimate of drug-likeness (QED) is 0.899. The number of sulfonamides is 1. The molecule has 1 heterocycles. The van der Waals surface area contributed by atoms with Gasteiger partial charge in [-0.3, -0.25) is 0 Å². The van der Waals surface area contributed by atoms with Gasteiger partial charge in [-0.25, -0.2) is 13.1 Å². The van der Waals surface area contributed by atoms with Crippen LogP contribution in [0.15, 0.2) is 41.3 Å². The largest absolute Gasteiger partial charge is 0.490 e. The predicted octanol–water partition coefficient (Wildman–Crippen LogP) is 3.18. The van der Waals surface area contributed by atoms with Crippen molar-refractivity contribution in [3.8, 4) is 5.75 Å². The molecule has 0 aromatic heterocycles. The lowest BCUT2D eigenvalue weighted by atomic mass is 9.88. The molecule has 6 heteroatoms. The van der Waals surface area contributed by atoms with Crippen molar-refractivity contribution in [3.05, 3.63) is 53.1 Å². The van der Waals surface area contributed by atoms with Gasteiger partial charge in [0.25, 0.3) is 0 Å². The van der Waals surface area contributed by atoms with Crippen LogP contribution >= 0.6 is 0 Å². The van der Waals surface area contributed by atoms with Gasteiger partial charge in [0.15, 0.2) is 0 Å². The lowest BCUT2D eigenvalue weighted by molar-refractivity contribution is 0.310. The molecule has 2 aliphatic rings. The maximum absolute atomic E-state index is 13.1. The van der Waals surface area contributed by atoms with Gasteiger partial charge in [-0.1, -0.05) is 24.3 Å². The number of fused-ring (bicyclic) bond motifs is 2. The minimum absolute atomic E-state index is 0.177. The lowest BCUT2D eigenvalue weighted by Gasteiger charge is -2.29. The zero-order chi connectivity index (χ0) is 18.3. The summed E-state index contributed by atoms with van der Waals surface area (Å²) in [6, 6.07) is 11.5. The van der Waals surface area contributed by atoms with E-state index in [0.717, 1.165) is 42.6 Å². The van der Waals surface area contributed by atoms with Crippen LogP contribution in [-0.2, 0) is 16.4 Å². The molecule has 2 aromatic rings. The van der Waals surface area contributed by atoms with Crippen molar-refractivity contribution in [2.75, 3.05) is 25.1 Å². The van der Waals surface area contributed by atoms with Crippen LogP contribution in [0.25, 0.3) is 0 Å². The summed E-state index contributed by atoms with van der Waals surface area (Å²) in [7, 11) is -1.64. The number of anilines is 1. The first-order chi connectivity index (χ1) is 12.5. The van der Waals surface area contributed by atoms with E-state index in [4.69, 9.17) is 4.74 Å². The number of hydrogen-bond acceptors (Lipinski definition) is 4. The van der Waals surface area contributed by atoms with E-state index < -0.39 is 10.0 Å². The van der Waals surface area contributed by atoms with Crippen molar-refractivity contribution in [2.24, 2.45) is 0 Å². The van der Waals surface area contributed by atoms with Crippen LogP contribution in [0, 0.1) is 6.92 Å². The Morgan fingerprint density at radius 2 is 2.04 bits per heavy atom. The highest BCUT2D eigenvalue weighted by Crippen LogP contribution is 2.36. The molecule has 138 valence electrons. The van der Waals surface area contributed by atoms with E-state index in [1.54, 1.807) is 6.07 Å². The van der Waals surface area contributed by atoms with Crippen molar-refractivity contribution in [2.45, 2.75) is 37.1 Å². The van der Waals surface area contributed by atoms with Crippen LogP contribution in [0.4, 0.5) is 5.69 Å². The number of nitrogens with zero attached hydrogens (tertiary/aromatic N) is 1. The smallest absolute Gasteiger partial charge is 0.241 e. The first kappa shape index (κ1) is 17.4. The maximum atomic E-state index is 13.1. The van der Waals surface area contributed by atoms with E-state index >= 15 is 0 Å². The predicted molar refractivity (Wildman–Crippen MR) is 102 cm³/mol. The Balaban J connectivity index is 1.68. The molecule has 0 saturated carbocycles. The Kier molecular flexibility index (Phi) is 4.40. The summed E-state index contributed by atoms with van der Waals surface area (Å²) in [5.41, 5.74) is 4.00. The van der Waals surface area contributed by atoms with Gasteiger partial charge in [-0.05, 0) is 48.9 Å². The number of rotatable bonds is 3. The van der Waals surface area contributed by atoms with Crippen LogP contribution < -0.4 is 14.4 Å². The third kappa shape index (κ3) is 3.08. The van der Waals surface area contributed by atoms with Gasteiger partial charge in [0.2, 0.25) is 10.0 Å². The Morgan fingerprint density at radius 3 is 2.88 bits per heavy atom. The van der Waals surface area contributed by atoms with Gasteiger partial charge in [0.1, 0.15) is 12.4 Å². The van der Waals surface area contributed by atoms with Crippen molar-refractivity contribution < 1.29 is 13.2 Å².